The van der Waals surface area contributed by atoms with Crippen LogP contribution in [0.4, 0.5) is 0 Å². The van der Waals surface area contributed by atoms with E-state index < -0.39 is 0 Å². The summed E-state index contributed by atoms with van der Waals surface area (Å²) in [5, 5.41) is 6.73. The Kier molecular flexibility index (Phi) is 6.79. The number of nitrogens with one attached hydrogen (secondary N) is 2. The average molecular weight is 415 g/mol. The van der Waals surface area contributed by atoms with Crippen molar-refractivity contribution in [3.05, 3.63) is 29.8 Å². The van der Waals surface area contributed by atoms with Crippen molar-refractivity contribution in [3.63, 3.8) is 0 Å². The largest absolute Gasteiger partial charge is 0.488 e. The van der Waals surface area contributed by atoms with Crippen LogP contribution in [0.5, 0.6) is 5.75 Å². The molecule has 122 valence electrons. The van der Waals surface area contributed by atoms with Crippen molar-refractivity contribution in [2.75, 3.05) is 19.6 Å². The lowest BCUT2D eigenvalue weighted by atomic mass is 10.1. The lowest BCUT2D eigenvalue weighted by Crippen LogP contribution is -2.38. The summed E-state index contributed by atoms with van der Waals surface area (Å²) in [6.07, 6.45) is 5.20. The highest BCUT2D eigenvalue weighted by atomic mass is 127. The van der Waals surface area contributed by atoms with E-state index in [0.29, 0.717) is 6.54 Å². The van der Waals surface area contributed by atoms with Gasteiger partial charge in [-0.2, -0.15) is 0 Å². The smallest absolute Gasteiger partial charge is 0.191 e. The zero-order chi connectivity index (χ0) is 14.5. The van der Waals surface area contributed by atoms with Gasteiger partial charge in [0.25, 0.3) is 0 Å². The molecule has 1 aliphatic heterocycles. The molecule has 1 unspecified atom stereocenters. The molecular weight excluding hydrogens is 389 g/mol. The Bertz CT molecular complexity index is 477. The highest BCUT2D eigenvalue weighted by Crippen LogP contribution is 2.31. The third kappa shape index (κ3) is 5.04. The molecule has 1 aromatic rings. The molecule has 0 radical (unpaired) electrons. The van der Waals surface area contributed by atoms with Crippen LogP contribution in [0, 0.1) is 5.92 Å². The topological polar surface area (TPSA) is 45.7 Å². The number of guanidine groups is 1. The molecule has 0 aromatic heterocycles. The summed E-state index contributed by atoms with van der Waals surface area (Å²) in [6, 6.07) is 8.27. The van der Waals surface area contributed by atoms with Crippen molar-refractivity contribution in [1.82, 2.24) is 10.6 Å². The molecule has 22 heavy (non-hydrogen) atoms. The molecule has 1 atom stereocenters. The Morgan fingerprint density at radius 3 is 2.82 bits per heavy atom. The number of hydrogen-bond acceptors (Lipinski definition) is 2. The number of nitrogens with zero attached hydrogens (tertiary/aromatic N) is 1. The number of halogens is 1. The van der Waals surface area contributed by atoms with E-state index in [1.807, 2.05) is 12.1 Å². The molecule has 0 bridgehead atoms. The van der Waals surface area contributed by atoms with Crippen molar-refractivity contribution >= 4 is 29.9 Å². The van der Waals surface area contributed by atoms with Crippen molar-refractivity contribution in [1.29, 1.82) is 0 Å². The zero-order valence-corrected chi connectivity index (χ0v) is 15.5. The first kappa shape index (κ1) is 17.4. The van der Waals surface area contributed by atoms with Gasteiger partial charge in [0.05, 0.1) is 6.54 Å². The van der Waals surface area contributed by atoms with Gasteiger partial charge in [0.2, 0.25) is 0 Å². The fourth-order valence-electron chi connectivity index (χ4n) is 2.69. The second kappa shape index (κ2) is 8.60. The van der Waals surface area contributed by atoms with Gasteiger partial charge in [-0.1, -0.05) is 31.0 Å². The van der Waals surface area contributed by atoms with Crippen LogP contribution in [0.15, 0.2) is 29.3 Å². The summed E-state index contributed by atoms with van der Waals surface area (Å²) in [4.78, 5) is 4.67. The third-order valence-corrected chi connectivity index (χ3v) is 4.05. The summed E-state index contributed by atoms with van der Waals surface area (Å²) in [7, 11) is 0. The van der Waals surface area contributed by atoms with Gasteiger partial charge >= 0.3 is 0 Å². The van der Waals surface area contributed by atoms with E-state index in [2.05, 4.69) is 34.7 Å². The average Bonchev–Trinajstić information content (AvgIpc) is 3.22. The summed E-state index contributed by atoms with van der Waals surface area (Å²) in [5.41, 5.74) is 1.30. The minimum absolute atomic E-state index is 0. The van der Waals surface area contributed by atoms with Gasteiger partial charge in [0.15, 0.2) is 5.96 Å². The second-order valence-electron chi connectivity index (χ2n) is 5.93. The van der Waals surface area contributed by atoms with E-state index in [1.54, 1.807) is 0 Å². The van der Waals surface area contributed by atoms with Crippen LogP contribution in [-0.4, -0.2) is 31.7 Å². The van der Waals surface area contributed by atoms with Gasteiger partial charge in [-0.25, -0.2) is 4.99 Å². The number of benzene rings is 1. The standard InChI is InChI=1S/C17H25N3O.HI/c1-2-18-17(19-10-9-13-7-8-13)20-12-15-11-14-5-3-4-6-16(14)21-15;/h3-6,13,15H,2,7-12H2,1H3,(H2,18,19,20);1H. The molecule has 4 nitrogen and oxygen atoms in total. The minimum Gasteiger partial charge on any atom is -0.488 e. The first-order valence-electron chi connectivity index (χ1n) is 8.12. The SMILES string of the molecule is CCNC(=NCC1Cc2ccccc2O1)NCCC1CC1.I. The number of aliphatic imine (C=N–C) groups is 1. The van der Waals surface area contributed by atoms with Gasteiger partial charge in [0, 0.05) is 19.5 Å². The molecule has 1 saturated carbocycles. The number of fused-ring (bicyclic) bond motifs is 1. The minimum atomic E-state index is 0. The van der Waals surface area contributed by atoms with E-state index >= 15 is 0 Å². The number of rotatable bonds is 6. The number of ether oxygens (including phenoxy) is 1. The maximum atomic E-state index is 5.93. The monoisotopic (exact) mass is 415 g/mol. The van der Waals surface area contributed by atoms with Crippen molar-refractivity contribution in [3.8, 4) is 5.75 Å². The van der Waals surface area contributed by atoms with Gasteiger partial charge in [0.1, 0.15) is 11.9 Å². The van der Waals surface area contributed by atoms with Crippen LogP contribution in [0.1, 0.15) is 31.7 Å². The van der Waals surface area contributed by atoms with Crippen molar-refractivity contribution in [2.45, 2.75) is 38.7 Å². The third-order valence-electron chi connectivity index (χ3n) is 4.05. The van der Waals surface area contributed by atoms with Crippen LogP contribution in [0.2, 0.25) is 0 Å². The molecule has 2 N–H and O–H groups in total. The quantitative estimate of drug-likeness (QED) is 0.427. The summed E-state index contributed by atoms with van der Waals surface area (Å²) in [5.74, 6) is 2.88. The summed E-state index contributed by atoms with van der Waals surface area (Å²) >= 11 is 0. The molecule has 0 amide bonds. The Balaban J connectivity index is 0.00000176. The molecule has 1 aromatic carbocycles. The van der Waals surface area contributed by atoms with Crippen LogP contribution >= 0.6 is 24.0 Å². The van der Waals surface area contributed by atoms with Gasteiger partial charge in [-0.3, -0.25) is 0 Å². The maximum absolute atomic E-state index is 5.93. The Morgan fingerprint density at radius 2 is 2.09 bits per heavy atom. The predicted molar refractivity (Wildman–Crippen MR) is 101 cm³/mol. The van der Waals surface area contributed by atoms with Gasteiger partial charge < -0.3 is 15.4 Å². The number of hydrogen-bond donors (Lipinski definition) is 2. The molecule has 3 rings (SSSR count). The van der Waals surface area contributed by atoms with Crippen LogP contribution in [0.25, 0.3) is 0 Å². The first-order valence-corrected chi connectivity index (χ1v) is 8.12. The van der Waals surface area contributed by atoms with E-state index in [9.17, 15) is 0 Å². The molecule has 5 heteroatoms. The van der Waals surface area contributed by atoms with Crippen molar-refractivity contribution in [2.24, 2.45) is 10.9 Å². The highest BCUT2D eigenvalue weighted by Gasteiger charge is 2.22. The van der Waals surface area contributed by atoms with Gasteiger partial charge in [-0.05, 0) is 30.9 Å². The lowest BCUT2D eigenvalue weighted by Gasteiger charge is -2.13. The fraction of sp³-hybridized carbons (Fsp3) is 0.588. The van der Waals surface area contributed by atoms with E-state index in [1.165, 1.54) is 24.8 Å². The first-order chi connectivity index (χ1) is 10.3. The zero-order valence-electron chi connectivity index (χ0n) is 13.2. The molecule has 2 aliphatic rings. The second-order valence-corrected chi connectivity index (χ2v) is 5.93. The summed E-state index contributed by atoms with van der Waals surface area (Å²) < 4.78 is 5.93. The molecular formula is C17H26IN3O. The Labute approximate surface area is 150 Å². The van der Waals surface area contributed by atoms with Gasteiger partial charge in [-0.15, -0.1) is 24.0 Å². The summed E-state index contributed by atoms with van der Waals surface area (Å²) in [6.45, 7) is 4.71. The number of para-hydroxylation sites is 1. The molecule has 1 aliphatic carbocycles. The predicted octanol–water partition coefficient (Wildman–Crippen LogP) is 2.96. The van der Waals surface area contributed by atoms with Crippen molar-refractivity contribution < 1.29 is 4.74 Å². The fourth-order valence-corrected chi connectivity index (χ4v) is 2.69. The van der Waals surface area contributed by atoms with Crippen LogP contribution in [-0.2, 0) is 6.42 Å². The normalized spacial score (nSPS) is 19.9. The molecule has 1 fully saturated rings. The van der Waals surface area contributed by atoms with E-state index in [-0.39, 0.29) is 30.1 Å². The lowest BCUT2D eigenvalue weighted by molar-refractivity contribution is 0.241. The Hall–Kier alpha value is -0.980. The molecule has 1 heterocycles. The van der Waals surface area contributed by atoms with E-state index in [0.717, 1.165) is 37.1 Å². The van der Waals surface area contributed by atoms with Crippen LogP contribution < -0.4 is 15.4 Å². The molecule has 0 saturated heterocycles. The van der Waals surface area contributed by atoms with E-state index in [4.69, 9.17) is 4.74 Å². The Morgan fingerprint density at radius 1 is 1.27 bits per heavy atom. The highest BCUT2D eigenvalue weighted by molar-refractivity contribution is 14.0. The van der Waals surface area contributed by atoms with Crippen LogP contribution in [0.3, 0.4) is 0 Å². The maximum Gasteiger partial charge on any atom is 0.191 e. The molecule has 0 spiro atoms.